The van der Waals surface area contributed by atoms with Gasteiger partial charge in [-0.3, -0.25) is 4.98 Å². The Balaban J connectivity index is 0.00000210. The lowest BCUT2D eigenvalue weighted by molar-refractivity contribution is 0.123. The number of aromatic nitrogens is 4. The Morgan fingerprint density at radius 1 is 1.19 bits per heavy atom. The smallest absolute Gasteiger partial charge is 0.178 e. The number of morpholine rings is 1. The molecule has 1 aliphatic heterocycles. The van der Waals surface area contributed by atoms with Gasteiger partial charge >= 0.3 is 0 Å². The molecular weight excluding hydrogens is 366 g/mol. The summed E-state index contributed by atoms with van der Waals surface area (Å²) in [7, 11) is 1.70. The number of ether oxygens (including phenoxy) is 2. The number of aryl methyl sites for hydroxylation is 1. The Labute approximate surface area is 164 Å². The van der Waals surface area contributed by atoms with Crippen molar-refractivity contribution in [2.75, 3.05) is 44.9 Å². The zero-order valence-corrected chi connectivity index (χ0v) is 16.4. The van der Waals surface area contributed by atoms with Gasteiger partial charge in [0.15, 0.2) is 5.65 Å². The van der Waals surface area contributed by atoms with Crippen molar-refractivity contribution in [3.8, 4) is 11.3 Å². The quantitative estimate of drug-likeness (QED) is 0.668. The molecule has 0 atom stereocenters. The number of imidazole rings is 1. The molecule has 0 saturated carbocycles. The predicted octanol–water partition coefficient (Wildman–Crippen LogP) is 2.55. The van der Waals surface area contributed by atoms with Crippen LogP contribution in [0.15, 0.2) is 30.6 Å². The second kappa shape index (κ2) is 8.65. The Morgan fingerprint density at radius 3 is 2.70 bits per heavy atom. The van der Waals surface area contributed by atoms with E-state index in [1.54, 1.807) is 7.11 Å². The number of hydrogen-bond acceptors (Lipinski definition) is 6. The van der Waals surface area contributed by atoms with Crippen molar-refractivity contribution in [2.24, 2.45) is 0 Å². The van der Waals surface area contributed by atoms with Gasteiger partial charge in [-0.25, -0.2) is 9.50 Å². The predicted molar refractivity (Wildman–Crippen MR) is 107 cm³/mol. The zero-order valence-electron chi connectivity index (χ0n) is 15.6. The Hall–Kier alpha value is -2.22. The first kappa shape index (κ1) is 19.5. The van der Waals surface area contributed by atoms with Gasteiger partial charge in [-0.1, -0.05) is 0 Å². The highest BCUT2D eigenvalue weighted by atomic mass is 35.5. The summed E-state index contributed by atoms with van der Waals surface area (Å²) >= 11 is 0. The van der Waals surface area contributed by atoms with Crippen molar-refractivity contribution >= 4 is 23.7 Å². The van der Waals surface area contributed by atoms with Gasteiger partial charge in [0.25, 0.3) is 0 Å². The van der Waals surface area contributed by atoms with Gasteiger partial charge in [0.1, 0.15) is 0 Å². The third-order valence-corrected chi connectivity index (χ3v) is 4.68. The molecule has 0 N–H and O–H groups in total. The first-order valence-electron chi connectivity index (χ1n) is 8.89. The fourth-order valence-electron chi connectivity index (χ4n) is 3.34. The van der Waals surface area contributed by atoms with Crippen LogP contribution in [-0.2, 0) is 15.9 Å². The van der Waals surface area contributed by atoms with Gasteiger partial charge in [0, 0.05) is 44.1 Å². The highest BCUT2D eigenvalue weighted by molar-refractivity contribution is 5.85. The fourth-order valence-corrected chi connectivity index (χ4v) is 3.34. The van der Waals surface area contributed by atoms with E-state index in [1.165, 1.54) is 0 Å². The van der Waals surface area contributed by atoms with Gasteiger partial charge in [-0.05, 0) is 25.1 Å². The van der Waals surface area contributed by atoms with E-state index in [2.05, 4.69) is 21.0 Å². The largest absolute Gasteiger partial charge is 0.384 e. The van der Waals surface area contributed by atoms with Crippen molar-refractivity contribution in [3.05, 3.63) is 42.0 Å². The maximum atomic E-state index is 5.47. The van der Waals surface area contributed by atoms with Crippen LogP contribution in [0.5, 0.6) is 0 Å². The highest BCUT2D eigenvalue weighted by Gasteiger charge is 2.19. The van der Waals surface area contributed by atoms with E-state index < -0.39 is 0 Å². The van der Waals surface area contributed by atoms with Crippen molar-refractivity contribution in [1.82, 2.24) is 19.6 Å². The molecule has 0 radical (unpaired) electrons. The SMILES string of the molecule is COCCc1ccc(-c2c(C)nc3c(N4CCOCC4)ccnn23)cn1.Cl. The maximum absolute atomic E-state index is 5.47. The van der Waals surface area contributed by atoms with Crippen molar-refractivity contribution in [2.45, 2.75) is 13.3 Å². The normalized spacial score (nSPS) is 14.4. The molecule has 0 spiro atoms. The van der Waals surface area contributed by atoms with Gasteiger partial charge < -0.3 is 14.4 Å². The lowest BCUT2D eigenvalue weighted by Crippen LogP contribution is -2.36. The Kier molecular flexibility index (Phi) is 6.26. The minimum absolute atomic E-state index is 0. The molecule has 1 aliphatic rings. The molecule has 8 heteroatoms. The van der Waals surface area contributed by atoms with Gasteiger partial charge in [-0.15, -0.1) is 12.4 Å². The number of pyridine rings is 1. The van der Waals surface area contributed by atoms with E-state index in [-0.39, 0.29) is 12.4 Å². The topological polar surface area (TPSA) is 64.8 Å². The van der Waals surface area contributed by atoms with Crippen LogP contribution in [0.2, 0.25) is 0 Å². The fraction of sp³-hybridized carbons (Fsp3) is 0.421. The van der Waals surface area contributed by atoms with Gasteiger partial charge in [0.05, 0.1) is 43.1 Å². The molecule has 4 heterocycles. The number of methoxy groups -OCH3 is 1. The van der Waals surface area contributed by atoms with Gasteiger partial charge in [0.2, 0.25) is 0 Å². The summed E-state index contributed by atoms with van der Waals surface area (Å²) in [4.78, 5) is 11.7. The summed E-state index contributed by atoms with van der Waals surface area (Å²) < 4.78 is 12.5. The van der Waals surface area contributed by atoms with E-state index >= 15 is 0 Å². The van der Waals surface area contributed by atoms with E-state index in [0.29, 0.717) is 6.61 Å². The van der Waals surface area contributed by atoms with E-state index in [9.17, 15) is 0 Å². The molecule has 0 aromatic carbocycles. The van der Waals surface area contributed by atoms with E-state index in [1.807, 2.05) is 36.0 Å². The zero-order chi connectivity index (χ0) is 17.9. The van der Waals surface area contributed by atoms with E-state index in [4.69, 9.17) is 14.5 Å². The molecule has 0 unspecified atom stereocenters. The van der Waals surface area contributed by atoms with Crippen LogP contribution in [0.3, 0.4) is 0 Å². The summed E-state index contributed by atoms with van der Waals surface area (Å²) in [5.41, 5.74) is 5.95. The van der Waals surface area contributed by atoms with Crippen molar-refractivity contribution < 1.29 is 9.47 Å². The molecule has 1 fully saturated rings. The number of anilines is 1. The van der Waals surface area contributed by atoms with Crippen LogP contribution in [0.25, 0.3) is 16.9 Å². The Morgan fingerprint density at radius 2 is 2.00 bits per heavy atom. The number of rotatable bonds is 5. The van der Waals surface area contributed by atoms with Gasteiger partial charge in [-0.2, -0.15) is 5.10 Å². The number of halogens is 1. The number of nitrogens with zero attached hydrogens (tertiary/aromatic N) is 5. The van der Waals surface area contributed by atoms with Crippen LogP contribution >= 0.6 is 12.4 Å². The summed E-state index contributed by atoms with van der Waals surface area (Å²) in [6.45, 7) is 5.92. The lowest BCUT2D eigenvalue weighted by Gasteiger charge is -2.28. The third-order valence-electron chi connectivity index (χ3n) is 4.68. The molecule has 3 aromatic rings. The standard InChI is InChI=1S/C19H23N5O2.ClH/c1-14-18(15-3-4-16(20-13-15)6-10-25-2)24-19(22-14)17(5-7-21-24)23-8-11-26-12-9-23;/h3-5,7,13H,6,8-12H2,1-2H3;1H. The number of hydrogen-bond donors (Lipinski definition) is 0. The monoisotopic (exact) mass is 389 g/mol. The Bertz CT molecular complexity index is 891. The molecular formula is C19H24ClN5O2. The highest BCUT2D eigenvalue weighted by Crippen LogP contribution is 2.28. The summed E-state index contributed by atoms with van der Waals surface area (Å²) in [5.74, 6) is 0. The molecule has 1 saturated heterocycles. The summed E-state index contributed by atoms with van der Waals surface area (Å²) in [6, 6.07) is 6.15. The maximum Gasteiger partial charge on any atom is 0.178 e. The minimum Gasteiger partial charge on any atom is -0.384 e. The molecule has 0 bridgehead atoms. The minimum atomic E-state index is 0. The summed E-state index contributed by atoms with van der Waals surface area (Å²) in [6.07, 6.45) is 4.54. The third kappa shape index (κ3) is 3.90. The average molecular weight is 390 g/mol. The molecule has 7 nitrogen and oxygen atoms in total. The molecule has 144 valence electrons. The van der Waals surface area contributed by atoms with Crippen LogP contribution in [0.4, 0.5) is 5.69 Å². The molecule has 27 heavy (non-hydrogen) atoms. The van der Waals surface area contributed by atoms with Crippen LogP contribution in [-0.4, -0.2) is 59.6 Å². The molecule has 3 aromatic heterocycles. The van der Waals surface area contributed by atoms with E-state index in [0.717, 1.165) is 66.7 Å². The summed E-state index contributed by atoms with van der Waals surface area (Å²) in [5, 5.41) is 4.55. The second-order valence-electron chi connectivity index (χ2n) is 6.38. The molecule has 0 amide bonds. The number of fused-ring (bicyclic) bond motifs is 1. The van der Waals surface area contributed by atoms with Crippen molar-refractivity contribution in [3.63, 3.8) is 0 Å². The molecule has 4 rings (SSSR count). The first-order chi connectivity index (χ1) is 12.8. The van der Waals surface area contributed by atoms with Crippen LogP contribution in [0, 0.1) is 6.92 Å². The van der Waals surface area contributed by atoms with Crippen LogP contribution in [0.1, 0.15) is 11.4 Å². The van der Waals surface area contributed by atoms with Crippen molar-refractivity contribution in [1.29, 1.82) is 0 Å². The first-order valence-corrected chi connectivity index (χ1v) is 8.89. The average Bonchev–Trinajstić information content (AvgIpc) is 3.03. The second-order valence-corrected chi connectivity index (χ2v) is 6.38. The lowest BCUT2D eigenvalue weighted by atomic mass is 10.1. The molecule has 0 aliphatic carbocycles. The van der Waals surface area contributed by atoms with Crippen LogP contribution < -0.4 is 4.90 Å².